The molecule has 1 fully saturated rings. The van der Waals surface area contributed by atoms with Gasteiger partial charge in [-0.2, -0.15) is 0 Å². The first-order chi connectivity index (χ1) is 9.97. The molecule has 1 N–H and O–H groups in total. The van der Waals surface area contributed by atoms with Gasteiger partial charge in [0.05, 0.1) is 12.1 Å². The van der Waals surface area contributed by atoms with Gasteiger partial charge in [0.2, 0.25) is 0 Å². The van der Waals surface area contributed by atoms with E-state index in [2.05, 4.69) is 0 Å². The fraction of sp³-hybridized carbons (Fsp3) is 0.429. The minimum absolute atomic E-state index is 0.0764. The Hall–Kier alpha value is -2.02. The van der Waals surface area contributed by atoms with E-state index >= 15 is 0 Å². The van der Waals surface area contributed by atoms with Crippen molar-refractivity contribution in [1.29, 1.82) is 0 Å². The van der Waals surface area contributed by atoms with Gasteiger partial charge in [0.25, 0.3) is 5.91 Å². The van der Waals surface area contributed by atoms with Gasteiger partial charge in [0.15, 0.2) is 0 Å². The Balaban J connectivity index is 2.04. The number of carbonyl (C=O) groups excluding carboxylic acids is 1. The Morgan fingerprint density at radius 3 is 2.57 bits per heavy atom. The van der Waals surface area contributed by atoms with Gasteiger partial charge in [0, 0.05) is 32.2 Å². The number of nitrogens with zero attached hydrogens (tertiary/aromatic N) is 2. The number of carbonyl (C=O) groups is 2. The summed E-state index contributed by atoms with van der Waals surface area (Å²) in [5.41, 5.74) is -0.164. The first-order valence-corrected chi connectivity index (χ1v) is 6.66. The molecular weight excluding hydrogens is 282 g/mol. The third-order valence-electron chi connectivity index (χ3n) is 3.40. The lowest BCUT2D eigenvalue weighted by Gasteiger charge is -2.21. The molecule has 0 saturated carbocycles. The lowest BCUT2D eigenvalue weighted by Crippen LogP contribution is -2.37. The lowest BCUT2D eigenvalue weighted by molar-refractivity contribution is -0.138. The van der Waals surface area contributed by atoms with Crippen LogP contribution in [0.15, 0.2) is 18.2 Å². The summed E-state index contributed by atoms with van der Waals surface area (Å²) in [7, 11) is 0. The summed E-state index contributed by atoms with van der Waals surface area (Å²) in [6.45, 7) is 1.66. The van der Waals surface area contributed by atoms with E-state index < -0.39 is 23.5 Å². The second-order valence-electron chi connectivity index (χ2n) is 4.94. The van der Waals surface area contributed by atoms with Gasteiger partial charge in [0.1, 0.15) is 11.6 Å². The number of carboxylic acids is 1. The van der Waals surface area contributed by atoms with Gasteiger partial charge in [-0.3, -0.25) is 14.5 Å². The van der Waals surface area contributed by atoms with Crippen LogP contribution in [0.1, 0.15) is 16.8 Å². The molecule has 5 nitrogen and oxygen atoms in total. The van der Waals surface area contributed by atoms with Crippen LogP contribution in [0, 0.1) is 11.6 Å². The monoisotopic (exact) mass is 298 g/mol. The summed E-state index contributed by atoms with van der Waals surface area (Å²) < 4.78 is 26.5. The number of benzene rings is 1. The van der Waals surface area contributed by atoms with E-state index in [9.17, 15) is 18.4 Å². The normalized spacial score (nSPS) is 16.6. The molecule has 1 amide bonds. The van der Waals surface area contributed by atoms with E-state index in [0.29, 0.717) is 38.7 Å². The molecule has 7 heteroatoms. The van der Waals surface area contributed by atoms with E-state index in [1.54, 1.807) is 4.90 Å². The molecule has 0 unspecified atom stereocenters. The number of hydrogen-bond donors (Lipinski definition) is 1. The average Bonchev–Trinajstić information content (AvgIpc) is 2.63. The molecule has 0 bridgehead atoms. The molecular formula is C14H16F2N2O3. The zero-order valence-corrected chi connectivity index (χ0v) is 11.4. The van der Waals surface area contributed by atoms with Crippen LogP contribution in [0.5, 0.6) is 0 Å². The topological polar surface area (TPSA) is 60.9 Å². The maximum atomic E-state index is 13.6. The predicted molar refractivity (Wildman–Crippen MR) is 71.0 cm³/mol. The summed E-state index contributed by atoms with van der Waals surface area (Å²) in [4.78, 5) is 26.1. The second kappa shape index (κ2) is 6.62. The Morgan fingerprint density at radius 1 is 1.14 bits per heavy atom. The number of amides is 1. The highest BCUT2D eigenvalue weighted by molar-refractivity contribution is 5.94. The minimum Gasteiger partial charge on any atom is -0.480 e. The Kier molecular flexibility index (Phi) is 4.85. The molecule has 1 aliphatic rings. The summed E-state index contributed by atoms with van der Waals surface area (Å²) in [6, 6.07) is 2.86. The van der Waals surface area contributed by atoms with Gasteiger partial charge in [-0.15, -0.1) is 0 Å². The largest absolute Gasteiger partial charge is 0.480 e. The summed E-state index contributed by atoms with van der Waals surface area (Å²) in [5.74, 6) is -3.02. The third-order valence-corrected chi connectivity index (χ3v) is 3.40. The highest BCUT2D eigenvalue weighted by Crippen LogP contribution is 2.14. The van der Waals surface area contributed by atoms with Gasteiger partial charge in [-0.25, -0.2) is 8.78 Å². The van der Waals surface area contributed by atoms with Crippen LogP contribution in [-0.2, 0) is 4.79 Å². The molecule has 114 valence electrons. The first kappa shape index (κ1) is 15.4. The zero-order chi connectivity index (χ0) is 15.4. The molecule has 0 spiro atoms. The molecule has 1 aromatic carbocycles. The van der Waals surface area contributed by atoms with E-state index in [-0.39, 0.29) is 12.1 Å². The zero-order valence-electron chi connectivity index (χ0n) is 11.4. The van der Waals surface area contributed by atoms with Crippen molar-refractivity contribution in [2.45, 2.75) is 6.42 Å². The molecule has 1 aliphatic heterocycles. The molecule has 1 heterocycles. The Morgan fingerprint density at radius 2 is 1.90 bits per heavy atom. The number of halogens is 2. The van der Waals surface area contributed by atoms with Crippen LogP contribution in [0.25, 0.3) is 0 Å². The second-order valence-corrected chi connectivity index (χ2v) is 4.94. The molecule has 1 saturated heterocycles. The number of carboxylic acid groups (broad SMARTS) is 1. The van der Waals surface area contributed by atoms with E-state index in [1.165, 1.54) is 4.90 Å². The Labute approximate surface area is 120 Å². The quantitative estimate of drug-likeness (QED) is 0.911. The van der Waals surface area contributed by atoms with Gasteiger partial charge in [-0.05, 0) is 18.6 Å². The van der Waals surface area contributed by atoms with Crippen LogP contribution in [0.3, 0.4) is 0 Å². The standard InChI is InChI=1S/C14H16F2N2O3/c15-10-2-3-11(12(16)8-10)14(21)18-5-1-4-17(6-7-18)9-13(19)20/h2-3,8H,1,4-7,9H2,(H,19,20). The Bertz CT molecular complexity index is 551. The molecule has 0 aromatic heterocycles. The van der Waals surface area contributed by atoms with Crippen LogP contribution < -0.4 is 0 Å². The van der Waals surface area contributed by atoms with Crippen LogP contribution >= 0.6 is 0 Å². The van der Waals surface area contributed by atoms with Crippen LogP contribution in [-0.4, -0.2) is 59.5 Å². The SMILES string of the molecule is O=C(O)CN1CCCN(C(=O)c2ccc(F)cc2F)CC1. The summed E-state index contributed by atoms with van der Waals surface area (Å²) >= 11 is 0. The third kappa shape index (κ3) is 3.98. The van der Waals surface area contributed by atoms with Gasteiger partial charge in [-0.1, -0.05) is 0 Å². The summed E-state index contributed by atoms with van der Waals surface area (Å²) in [6.07, 6.45) is 0.613. The number of rotatable bonds is 3. The van der Waals surface area contributed by atoms with E-state index in [0.717, 1.165) is 12.1 Å². The first-order valence-electron chi connectivity index (χ1n) is 6.66. The van der Waals surface area contributed by atoms with Crippen LogP contribution in [0.2, 0.25) is 0 Å². The molecule has 1 aromatic rings. The van der Waals surface area contributed by atoms with Crippen LogP contribution in [0.4, 0.5) is 8.78 Å². The van der Waals surface area contributed by atoms with Crippen molar-refractivity contribution >= 4 is 11.9 Å². The number of hydrogen-bond acceptors (Lipinski definition) is 3. The smallest absolute Gasteiger partial charge is 0.317 e. The molecule has 0 atom stereocenters. The van der Waals surface area contributed by atoms with Gasteiger partial charge < -0.3 is 10.0 Å². The fourth-order valence-corrected chi connectivity index (χ4v) is 2.36. The van der Waals surface area contributed by atoms with Crippen molar-refractivity contribution < 1.29 is 23.5 Å². The van der Waals surface area contributed by atoms with Gasteiger partial charge >= 0.3 is 5.97 Å². The van der Waals surface area contributed by atoms with Crippen molar-refractivity contribution in [1.82, 2.24) is 9.80 Å². The van der Waals surface area contributed by atoms with E-state index in [1.807, 2.05) is 0 Å². The van der Waals surface area contributed by atoms with Crippen molar-refractivity contribution in [2.75, 3.05) is 32.7 Å². The highest BCUT2D eigenvalue weighted by atomic mass is 19.1. The predicted octanol–water partition coefficient (Wildman–Crippen LogP) is 1.20. The summed E-state index contributed by atoms with van der Waals surface area (Å²) in [5, 5.41) is 8.77. The van der Waals surface area contributed by atoms with Crippen molar-refractivity contribution in [3.05, 3.63) is 35.4 Å². The highest BCUT2D eigenvalue weighted by Gasteiger charge is 2.23. The van der Waals surface area contributed by atoms with Crippen molar-refractivity contribution in [3.8, 4) is 0 Å². The van der Waals surface area contributed by atoms with E-state index in [4.69, 9.17) is 5.11 Å². The maximum Gasteiger partial charge on any atom is 0.317 e. The maximum absolute atomic E-state index is 13.6. The average molecular weight is 298 g/mol. The molecule has 2 rings (SSSR count). The van der Waals surface area contributed by atoms with Crippen molar-refractivity contribution in [2.24, 2.45) is 0 Å². The number of aliphatic carboxylic acids is 1. The molecule has 0 aliphatic carbocycles. The molecule has 0 radical (unpaired) electrons. The minimum atomic E-state index is -0.917. The lowest BCUT2D eigenvalue weighted by atomic mass is 10.1. The van der Waals surface area contributed by atoms with Crippen molar-refractivity contribution in [3.63, 3.8) is 0 Å². The fourth-order valence-electron chi connectivity index (χ4n) is 2.36. The molecule has 21 heavy (non-hydrogen) atoms.